The minimum absolute atomic E-state index is 0.112. The van der Waals surface area contributed by atoms with Crippen LogP contribution in [0.2, 0.25) is 0 Å². The number of hydrogen-bond donors (Lipinski definition) is 1. The molecule has 1 unspecified atom stereocenters. The van der Waals surface area contributed by atoms with E-state index in [2.05, 4.69) is 0 Å². The summed E-state index contributed by atoms with van der Waals surface area (Å²) in [6.07, 6.45) is 0. The molecule has 16 heavy (non-hydrogen) atoms. The third-order valence-electron chi connectivity index (χ3n) is 2.67. The second-order valence-electron chi connectivity index (χ2n) is 3.97. The molecule has 0 fully saturated rings. The van der Waals surface area contributed by atoms with Gasteiger partial charge in [-0.25, -0.2) is 4.39 Å². The van der Waals surface area contributed by atoms with Crippen molar-refractivity contribution < 1.29 is 9.18 Å². The molecule has 0 aliphatic carbocycles. The number of hydrogen-bond acceptors (Lipinski definition) is 2. The van der Waals surface area contributed by atoms with E-state index in [1.807, 2.05) is 6.92 Å². The Morgan fingerprint density at radius 2 is 1.81 bits per heavy atom. The highest BCUT2D eigenvalue weighted by atomic mass is 19.1. The number of likely N-dealkylation sites (N-methyl/N-ethyl adjacent to an activating group) is 1. The maximum atomic E-state index is 12.7. The highest BCUT2D eigenvalue weighted by Crippen LogP contribution is 2.19. The Kier molecular flexibility index (Phi) is 4.01. The van der Waals surface area contributed by atoms with E-state index in [0.29, 0.717) is 0 Å². The van der Waals surface area contributed by atoms with Gasteiger partial charge in [-0.1, -0.05) is 12.1 Å². The first-order valence-electron chi connectivity index (χ1n) is 5.21. The van der Waals surface area contributed by atoms with Crippen LogP contribution in [0.3, 0.4) is 0 Å². The summed E-state index contributed by atoms with van der Waals surface area (Å²) in [5.41, 5.74) is 6.41. The summed E-state index contributed by atoms with van der Waals surface area (Å²) in [7, 11) is 1.69. The highest BCUT2D eigenvalue weighted by Gasteiger charge is 2.19. The van der Waals surface area contributed by atoms with Crippen LogP contribution in [0.4, 0.5) is 4.39 Å². The monoisotopic (exact) mass is 224 g/mol. The number of halogens is 1. The molecule has 2 N–H and O–H groups in total. The molecule has 1 rings (SSSR count). The molecule has 0 saturated heterocycles. The van der Waals surface area contributed by atoms with E-state index >= 15 is 0 Å². The first-order valence-corrected chi connectivity index (χ1v) is 5.21. The van der Waals surface area contributed by atoms with Gasteiger partial charge in [-0.3, -0.25) is 4.79 Å². The molecule has 0 aliphatic rings. The van der Waals surface area contributed by atoms with Crippen molar-refractivity contribution in [2.75, 3.05) is 7.05 Å². The molecule has 0 heterocycles. The number of amides is 1. The average Bonchev–Trinajstić information content (AvgIpc) is 2.27. The number of nitrogens with zero attached hydrogens (tertiary/aromatic N) is 1. The second-order valence-corrected chi connectivity index (χ2v) is 3.97. The zero-order chi connectivity index (χ0) is 12.3. The average molecular weight is 224 g/mol. The lowest BCUT2D eigenvalue weighted by molar-refractivity contribution is -0.132. The Morgan fingerprint density at radius 3 is 2.25 bits per heavy atom. The zero-order valence-corrected chi connectivity index (χ0v) is 9.77. The predicted octanol–water partition coefficient (Wildman–Crippen LogP) is 1.69. The van der Waals surface area contributed by atoms with E-state index in [-0.39, 0.29) is 17.8 Å². The second kappa shape index (κ2) is 5.07. The van der Waals surface area contributed by atoms with E-state index in [9.17, 15) is 9.18 Å². The van der Waals surface area contributed by atoms with Gasteiger partial charge in [0.2, 0.25) is 5.91 Å². The van der Waals surface area contributed by atoms with Crippen LogP contribution in [0.15, 0.2) is 24.3 Å². The molecule has 3 nitrogen and oxygen atoms in total. The molecule has 88 valence electrons. The van der Waals surface area contributed by atoms with Crippen molar-refractivity contribution >= 4 is 5.91 Å². The van der Waals surface area contributed by atoms with Gasteiger partial charge in [0.15, 0.2) is 0 Å². The van der Waals surface area contributed by atoms with Crippen LogP contribution < -0.4 is 5.73 Å². The lowest BCUT2D eigenvalue weighted by Crippen LogP contribution is -2.40. The van der Waals surface area contributed by atoms with E-state index in [1.54, 1.807) is 31.0 Å². The summed E-state index contributed by atoms with van der Waals surface area (Å²) < 4.78 is 12.7. The Labute approximate surface area is 95.0 Å². The summed E-state index contributed by atoms with van der Waals surface area (Å²) in [4.78, 5) is 13.2. The Hall–Kier alpha value is -1.42. The molecule has 0 bridgehead atoms. The highest BCUT2D eigenvalue weighted by molar-refractivity contribution is 5.81. The van der Waals surface area contributed by atoms with Gasteiger partial charge in [0.1, 0.15) is 5.82 Å². The maximum absolute atomic E-state index is 12.7. The number of carbonyl (C=O) groups is 1. The van der Waals surface area contributed by atoms with Crippen molar-refractivity contribution in [3.8, 4) is 0 Å². The van der Waals surface area contributed by atoms with Crippen molar-refractivity contribution in [1.82, 2.24) is 4.90 Å². The van der Waals surface area contributed by atoms with Crippen LogP contribution in [0.1, 0.15) is 25.5 Å². The summed E-state index contributed by atoms with van der Waals surface area (Å²) in [5, 5.41) is 0. The SMILES string of the molecule is CC(c1ccc(F)cc1)N(C)C(=O)[C@H](C)N. The van der Waals surface area contributed by atoms with Gasteiger partial charge in [-0.05, 0) is 31.5 Å². The normalized spacial score (nSPS) is 14.3. The molecule has 1 aromatic rings. The smallest absolute Gasteiger partial charge is 0.239 e. The summed E-state index contributed by atoms with van der Waals surface area (Å²) in [5.74, 6) is -0.408. The van der Waals surface area contributed by atoms with Gasteiger partial charge in [0.05, 0.1) is 12.1 Å². The van der Waals surface area contributed by atoms with Crippen LogP contribution in [0.25, 0.3) is 0 Å². The fourth-order valence-corrected chi connectivity index (χ4v) is 1.48. The third-order valence-corrected chi connectivity index (χ3v) is 2.67. The summed E-state index contributed by atoms with van der Waals surface area (Å²) in [6, 6.07) is 5.48. The molecule has 0 aromatic heterocycles. The first kappa shape index (κ1) is 12.6. The molecule has 4 heteroatoms. The minimum atomic E-state index is -0.520. The predicted molar refractivity (Wildman–Crippen MR) is 61.2 cm³/mol. The van der Waals surface area contributed by atoms with Crippen molar-refractivity contribution in [3.05, 3.63) is 35.6 Å². The van der Waals surface area contributed by atoms with Crippen LogP contribution in [0, 0.1) is 5.82 Å². The number of rotatable bonds is 3. The fourth-order valence-electron chi connectivity index (χ4n) is 1.48. The van der Waals surface area contributed by atoms with Gasteiger partial charge in [0, 0.05) is 7.05 Å². The fraction of sp³-hybridized carbons (Fsp3) is 0.417. The summed E-state index contributed by atoms with van der Waals surface area (Å²) >= 11 is 0. The first-order chi connectivity index (χ1) is 7.43. The van der Waals surface area contributed by atoms with Gasteiger partial charge in [-0.15, -0.1) is 0 Å². The van der Waals surface area contributed by atoms with Crippen molar-refractivity contribution in [3.63, 3.8) is 0 Å². The van der Waals surface area contributed by atoms with Gasteiger partial charge < -0.3 is 10.6 Å². The number of nitrogens with two attached hydrogens (primary N) is 1. The van der Waals surface area contributed by atoms with Gasteiger partial charge >= 0.3 is 0 Å². The molecule has 0 radical (unpaired) electrons. The Morgan fingerprint density at radius 1 is 1.31 bits per heavy atom. The molecule has 2 atom stereocenters. The van der Waals surface area contributed by atoms with E-state index in [0.717, 1.165) is 5.56 Å². The molecular weight excluding hydrogens is 207 g/mol. The molecule has 0 saturated carbocycles. The lowest BCUT2D eigenvalue weighted by Gasteiger charge is -2.26. The topological polar surface area (TPSA) is 46.3 Å². The van der Waals surface area contributed by atoms with Gasteiger partial charge in [0.25, 0.3) is 0 Å². The third kappa shape index (κ3) is 2.79. The van der Waals surface area contributed by atoms with Crippen LogP contribution in [-0.4, -0.2) is 23.9 Å². The molecule has 1 amide bonds. The van der Waals surface area contributed by atoms with Crippen molar-refractivity contribution in [2.24, 2.45) is 5.73 Å². The molecular formula is C12H17FN2O. The van der Waals surface area contributed by atoms with E-state index in [1.165, 1.54) is 12.1 Å². The lowest BCUT2D eigenvalue weighted by atomic mass is 10.1. The minimum Gasteiger partial charge on any atom is -0.338 e. The molecule has 0 spiro atoms. The maximum Gasteiger partial charge on any atom is 0.239 e. The molecule has 1 aromatic carbocycles. The van der Waals surface area contributed by atoms with E-state index < -0.39 is 6.04 Å². The van der Waals surface area contributed by atoms with Crippen LogP contribution in [0.5, 0.6) is 0 Å². The zero-order valence-electron chi connectivity index (χ0n) is 9.77. The summed E-state index contributed by atoms with van der Waals surface area (Å²) in [6.45, 7) is 3.53. The van der Waals surface area contributed by atoms with E-state index in [4.69, 9.17) is 5.73 Å². The Balaban J connectivity index is 2.81. The quantitative estimate of drug-likeness (QED) is 0.849. The number of benzene rings is 1. The van der Waals surface area contributed by atoms with Gasteiger partial charge in [-0.2, -0.15) is 0 Å². The largest absolute Gasteiger partial charge is 0.338 e. The van der Waals surface area contributed by atoms with Crippen LogP contribution >= 0.6 is 0 Å². The van der Waals surface area contributed by atoms with Crippen molar-refractivity contribution in [1.29, 1.82) is 0 Å². The Bertz CT molecular complexity index is 362. The van der Waals surface area contributed by atoms with Crippen LogP contribution in [-0.2, 0) is 4.79 Å². The molecule has 0 aliphatic heterocycles. The van der Waals surface area contributed by atoms with Crippen molar-refractivity contribution in [2.45, 2.75) is 25.9 Å². The number of carbonyl (C=O) groups excluding carboxylic acids is 1. The standard InChI is InChI=1S/C12H17FN2O/c1-8(14)12(16)15(3)9(2)10-4-6-11(13)7-5-10/h4-9H,14H2,1-3H3/t8-,9?/m0/s1.